The molecule has 0 spiro atoms. The first-order valence-electron chi connectivity index (χ1n) is 36.3. The van der Waals surface area contributed by atoms with Crippen LogP contribution in [0.4, 0.5) is 34.1 Å². The van der Waals surface area contributed by atoms with Crippen LogP contribution in [0.25, 0.3) is 123 Å². The van der Waals surface area contributed by atoms with Gasteiger partial charge in [0.2, 0.25) is 0 Å². The van der Waals surface area contributed by atoms with Crippen LogP contribution in [0.1, 0.15) is 97.2 Å². The van der Waals surface area contributed by atoms with Crippen molar-refractivity contribution in [3.63, 3.8) is 0 Å². The SMILES string of the molecule is CC1(C)c2cc(C=Cc3ccc4c(c3)C(C)(C)c3cc(N(c5ccc(-c6ccc7ccccc7c6)cc5)c5cccc6ccccc56)ccc3-4)ccc2-c2ccc(C=Cc3ccc4c(c3)C(C)(C)c3cc(N(c5ccc(-c6ccc7ccccc7c6)cc5)c5cccc6ccccc56)ccc3-4)cc21. The van der Waals surface area contributed by atoms with Crippen LogP contribution in [-0.2, 0) is 16.2 Å². The molecule has 0 fully saturated rings. The molecule has 0 unspecified atom stereocenters. The highest BCUT2D eigenvalue weighted by atomic mass is 15.1. The van der Waals surface area contributed by atoms with Crippen molar-refractivity contribution in [2.75, 3.05) is 9.80 Å². The molecule has 3 aliphatic rings. The Hall–Kier alpha value is -12.4. The molecule has 0 heterocycles. The zero-order chi connectivity index (χ0) is 69.3. The maximum atomic E-state index is 2.45. The van der Waals surface area contributed by atoms with E-state index in [2.05, 4.69) is 403 Å². The minimum atomic E-state index is -0.234. The van der Waals surface area contributed by atoms with Gasteiger partial charge in [0.1, 0.15) is 0 Å². The highest BCUT2D eigenvalue weighted by molar-refractivity contribution is 6.02. The molecule has 0 aliphatic heterocycles. The summed E-state index contributed by atoms with van der Waals surface area (Å²) in [4.78, 5) is 4.90. The van der Waals surface area contributed by atoms with Crippen LogP contribution < -0.4 is 9.80 Å². The Morgan fingerprint density at radius 3 is 0.825 bits per heavy atom. The van der Waals surface area contributed by atoms with Gasteiger partial charge in [-0.2, -0.15) is 0 Å². The summed E-state index contributed by atoms with van der Waals surface area (Å²) in [5, 5.41) is 9.87. The molecule has 3 aliphatic carbocycles. The van der Waals surface area contributed by atoms with Crippen LogP contribution in [-0.4, -0.2) is 0 Å². The number of hydrogen-bond donors (Lipinski definition) is 0. The molecule has 490 valence electrons. The van der Waals surface area contributed by atoms with Gasteiger partial charge in [-0.25, -0.2) is 0 Å². The van der Waals surface area contributed by atoms with Gasteiger partial charge in [-0.1, -0.05) is 321 Å². The predicted octanol–water partition coefficient (Wildman–Crippen LogP) is 27.8. The Morgan fingerprint density at radius 2 is 0.476 bits per heavy atom. The Balaban J connectivity index is 0.567. The van der Waals surface area contributed by atoms with Gasteiger partial charge < -0.3 is 9.80 Å². The van der Waals surface area contributed by atoms with Crippen molar-refractivity contribution < 1.29 is 0 Å². The molecule has 2 heteroatoms. The molecule has 16 aromatic rings. The van der Waals surface area contributed by atoms with Crippen LogP contribution in [0, 0.1) is 0 Å². The molecule has 0 bridgehead atoms. The van der Waals surface area contributed by atoms with Crippen molar-refractivity contribution in [3.8, 4) is 55.6 Å². The lowest BCUT2D eigenvalue weighted by Crippen LogP contribution is -2.17. The lowest BCUT2D eigenvalue weighted by atomic mass is 9.81. The zero-order valence-corrected chi connectivity index (χ0v) is 58.9. The van der Waals surface area contributed by atoms with E-state index >= 15 is 0 Å². The standard InChI is InChI=1S/C101H76N2/c1-99(2)91-57-65(29-31-67-35-53-87-89-55-49-81(63-95(89)100(3,4)93(87)59-67)102(97-27-15-23-73-19-11-13-25-83(73)97)79-45-41-71(42-46-79)77-39-37-69-17-7-9-21-75(69)61-77)33-51-85(91)86-52-34-66(58-92(86)99)30-32-68-36-54-88-90-56-50-82(64-96(90)101(5,6)94(88)60-68)103(98-28-16-24-74-20-12-14-26-84(74)98)80-47-43-72(44-48-80)78-40-38-70-18-8-10-22-76(70)62-78/h7-64H,1-6H3. The summed E-state index contributed by atoms with van der Waals surface area (Å²) in [5.74, 6) is 0. The number of rotatable bonds is 12. The van der Waals surface area contributed by atoms with E-state index in [0.717, 1.165) is 34.1 Å². The second-order valence-corrected chi connectivity index (χ2v) is 30.1. The number of hydrogen-bond acceptors (Lipinski definition) is 2. The second-order valence-electron chi connectivity index (χ2n) is 30.1. The van der Waals surface area contributed by atoms with Crippen molar-refractivity contribution in [2.45, 2.75) is 57.8 Å². The number of nitrogens with zero attached hydrogens (tertiary/aromatic N) is 2. The van der Waals surface area contributed by atoms with Gasteiger partial charge in [0.05, 0.1) is 11.4 Å². The first-order chi connectivity index (χ1) is 50.3. The molecule has 16 aromatic carbocycles. The highest BCUT2D eigenvalue weighted by Gasteiger charge is 2.39. The molecule has 0 atom stereocenters. The summed E-state index contributed by atoms with van der Waals surface area (Å²) < 4.78 is 0. The second kappa shape index (κ2) is 23.9. The average molecular weight is 1320 g/mol. The molecule has 0 N–H and O–H groups in total. The van der Waals surface area contributed by atoms with E-state index in [-0.39, 0.29) is 16.2 Å². The van der Waals surface area contributed by atoms with Crippen LogP contribution in [0.15, 0.2) is 328 Å². The van der Waals surface area contributed by atoms with Gasteiger partial charge in [-0.15, -0.1) is 0 Å². The molecule has 0 saturated heterocycles. The Labute approximate surface area is 604 Å². The zero-order valence-electron chi connectivity index (χ0n) is 58.9. The summed E-state index contributed by atoms with van der Waals surface area (Å²) in [6, 6.07) is 122. The molecule has 0 aromatic heterocycles. The third-order valence-corrected chi connectivity index (χ3v) is 23.0. The van der Waals surface area contributed by atoms with Crippen LogP contribution in [0.3, 0.4) is 0 Å². The lowest BCUT2D eigenvalue weighted by Gasteiger charge is -2.29. The average Bonchev–Trinajstić information content (AvgIpc) is 1.61. The number of benzene rings is 16. The van der Waals surface area contributed by atoms with E-state index < -0.39 is 0 Å². The first-order valence-corrected chi connectivity index (χ1v) is 36.3. The molecule has 0 amide bonds. The van der Waals surface area contributed by atoms with E-state index in [1.807, 2.05) is 0 Å². The third kappa shape index (κ3) is 10.4. The number of fused-ring (bicyclic) bond motifs is 13. The lowest BCUT2D eigenvalue weighted by molar-refractivity contribution is 0.660. The Kier molecular flexibility index (Phi) is 14.3. The summed E-state index contributed by atoms with van der Waals surface area (Å²) in [6.07, 6.45) is 9.22. The molecule has 2 nitrogen and oxygen atoms in total. The van der Waals surface area contributed by atoms with E-state index in [0.29, 0.717) is 0 Å². The molecule has 0 radical (unpaired) electrons. The van der Waals surface area contributed by atoms with Gasteiger partial charge in [0.15, 0.2) is 0 Å². The summed E-state index contributed by atoms with van der Waals surface area (Å²) >= 11 is 0. The van der Waals surface area contributed by atoms with Crippen LogP contribution >= 0.6 is 0 Å². The fourth-order valence-electron chi connectivity index (χ4n) is 17.3. The smallest absolute Gasteiger partial charge is 0.0540 e. The molecule has 19 rings (SSSR count). The Morgan fingerprint density at radius 1 is 0.204 bits per heavy atom. The fraction of sp³-hybridized carbons (Fsp3) is 0.0891. The van der Waals surface area contributed by atoms with Gasteiger partial charge in [0, 0.05) is 49.8 Å². The van der Waals surface area contributed by atoms with E-state index in [9.17, 15) is 0 Å². The van der Waals surface area contributed by atoms with Gasteiger partial charge in [-0.3, -0.25) is 0 Å². The largest absolute Gasteiger partial charge is 0.310 e. The predicted molar refractivity (Wildman–Crippen MR) is 440 cm³/mol. The molecular weight excluding hydrogens is 1240 g/mol. The fourth-order valence-corrected chi connectivity index (χ4v) is 17.3. The van der Waals surface area contributed by atoms with Gasteiger partial charge >= 0.3 is 0 Å². The summed E-state index contributed by atoms with van der Waals surface area (Å²) in [7, 11) is 0. The highest BCUT2D eigenvalue weighted by Crippen LogP contribution is 2.55. The third-order valence-electron chi connectivity index (χ3n) is 23.0. The minimum absolute atomic E-state index is 0.183. The van der Waals surface area contributed by atoms with Crippen molar-refractivity contribution in [1.29, 1.82) is 0 Å². The van der Waals surface area contributed by atoms with Crippen LogP contribution in [0.5, 0.6) is 0 Å². The first kappa shape index (κ1) is 61.7. The summed E-state index contributed by atoms with van der Waals surface area (Å²) in [5.41, 5.74) is 31.8. The monoisotopic (exact) mass is 1320 g/mol. The minimum Gasteiger partial charge on any atom is -0.310 e. The number of anilines is 6. The van der Waals surface area contributed by atoms with E-state index in [1.54, 1.807) is 0 Å². The quantitative estimate of drug-likeness (QED) is 0.113. The van der Waals surface area contributed by atoms with Crippen molar-refractivity contribution in [3.05, 3.63) is 383 Å². The maximum Gasteiger partial charge on any atom is 0.0540 e. The van der Waals surface area contributed by atoms with Crippen molar-refractivity contribution >= 4 is 102 Å². The molecule has 0 saturated carbocycles. The van der Waals surface area contributed by atoms with E-state index in [1.165, 1.54) is 154 Å². The maximum absolute atomic E-state index is 2.45. The van der Waals surface area contributed by atoms with Gasteiger partial charge in [-0.05, 0) is 216 Å². The summed E-state index contributed by atoms with van der Waals surface area (Å²) in [6.45, 7) is 14.4. The van der Waals surface area contributed by atoms with Crippen molar-refractivity contribution in [1.82, 2.24) is 0 Å². The topological polar surface area (TPSA) is 6.48 Å². The Bertz CT molecular complexity index is 5820. The normalized spacial score (nSPS) is 14.1. The van der Waals surface area contributed by atoms with E-state index in [4.69, 9.17) is 0 Å². The molecule has 103 heavy (non-hydrogen) atoms. The molecular formula is C101H76N2. The van der Waals surface area contributed by atoms with Crippen molar-refractivity contribution in [2.24, 2.45) is 0 Å². The van der Waals surface area contributed by atoms with Crippen LogP contribution in [0.2, 0.25) is 0 Å². The van der Waals surface area contributed by atoms with Gasteiger partial charge in [0.25, 0.3) is 0 Å².